The van der Waals surface area contributed by atoms with Gasteiger partial charge in [-0.2, -0.15) is 0 Å². The van der Waals surface area contributed by atoms with E-state index in [0.717, 1.165) is 11.4 Å². The Bertz CT molecular complexity index is 407. The Morgan fingerprint density at radius 1 is 0.750 bits per heavy atom. The van der Waals surface area contributed by atoms with E-state index in [1.54, 1.807) is 0 Å². The van der Waals surface area contributed by atoms with Crippen LogP contribution in [0.25, 0.3) is 0 Å². The minimum Gasteiger partial charge on any atom is -0.356 e. The lowest BCUT2D eigenvalue weighted by Gasteiger charge is -2.06. The molecule has 1 nitrogen and oxygen atoms in total. The van der Waals surface area contributed by atoms with Gasteiger partial charge in [0, 0.05) is 11.4 Å². The molecule has 0 saturated heterocycles. The van der Waals surface area contributed by atoms with Crippen molar-refractivity contribution in [2.75, 3.05) is 5.32 Å². The highest BCUT2D eigenvalue weighted by molar-refractivity contribution is 5.59. The maximum absolute atomic E-state index is 3.34. The molecule has 0 unspecified atom stereocenters. The van der Waals surface area contributed by atoms with Gasteiger partial charge in [0.05, 0.1) is 0 Å². The van der Waals surface area contributed by atoms with Gasteiger partial charge >= 0.3 is 0 Å². The van der Waals surface area contributed by atoms with Gasteiger partial charge in [-0.25, -0.2) is 0 Å². The molecular weight excluding hydrogens is 194 g/mol. The van der Waals surface area contributed by atoms with Crippen LogP contribution in [-0.2, 0) is 0 Å². The number of para-hydroxylation sites is 1. The smallest absolute Gasteiger partial charge is 0.0386 e. The van der Waals surface area contributed by atoms with Crippen molar-refractivity contribution in [2.24, 2.45) is 0 Å². The van der Waals surface area contributed by atoms with E-state index in [9.17, 15) is 0 Å². The van der Waals surface area contributed by atoms with E-state index < -0.39 is 0 Å². The molecule has 0 amide bonds. The summed E-state index contributed by atoms with van der Waals surface area (Å²) in [6.45, 7) is 6.09. The third kappa shape index (κ3) is 3.77. The molecule has 0 aliphatic rings. The predicted octanol–water partition coefficient (Wildman–Crippen LogP) is 4.76. The molecule has 0 fully saturated rings. The maximum atomic E-state index is 3.34. The predicted molar refractivity (Wildman–Crippen MR) is 72.3 cm³/mol. The molecule has 0 heterocycles. The molecule has 1 N–H and O–H groups in total. The molecule has 2 aromatic carbocycles. The van der Waals surface area contributed by atoms with Crippen LogP contribution in [0.1, 0.15) is 19.4 Å². The molecule has 0 aromatic heterocycles. The summed E-state index contributed by atoms with van der Waals surface area (Å²) in [4.78, 5) is 0. The maximum Gasteiger partial charge on any atom is 0.0386 e. The molecule has 0 bridgehead atoms. The van der Waals surface area contributed by atoms with Crippen molar-refractivity contribution in [3.8, 4) is 0 Å². The van der Waals surface area contributed by atoms with Crippen molar-refractivity contribution in [2.45, 2.75) is 20.8 Å². The van der Waals surface area contributed by atoms with Crippen molar-refractivity contribution in [1.29, 1.82) is 0 Å². The third-order valence-corrected chi connectivity index (χ3v) is 2.08. The summed E-state index contributed by atoms with van der Waals surface area (Å²) in [5, 5.41) is 3.34. The van der Waals surface area contributed by atoms with E-state index in [1.807, 2.05) is 32.0 Å². The fraction of sp³-hybridized carbons (Fsp3) is 0.200. The summed E-state index contributed by atoms with van der Waals surface area (Å²) in [5.41, 5.74) is 3.53. The summed E-state index contributed by atoms with van der Waals surface area (Å²) in [5.74, 6) is 0. The first kappa shape index (κ1) is 12.3. The molecule has 1 heteroatoms. The van der Waals surface area contributed by atoms with Crippen LogP contribution in [0.4, 0.5) is 11.4 Å². The third-order valence-electron chi connectivity index (χ3n) is 2.08. The number of aryl methyl sites for hydroxylation is 1. The molecule has 2 aromatic rings. The fourth-order valence-corrected chi connectivity index (χ4v) is 1.41. The highest BCUT2D eigenvalue weighted by atomic mass is 14.9. The Hall–Kier alpha value is -1.76. The summed E-state index contributed by atoms with van der Waals surface area (Å²) in [7, 11) is 0. The monoisotopic (exact) mass is 213 g/mol. The van der Waals surface area contributed by atoms with Crippen molar-refractivity contribution >= 4 is 11.4 Å². The Kier molecular flexibility index (Phi) is 5.13. The van der Waals surface area contributed by atoms with Gasteiger partial charge in [0.15, 0.2) is 0 Å². The van der Waals surface area contributed by atoms with Crippen LogP contribution in [0.15, 0.2) is 54.6 Å². The minimum absolute atomic E-state index is 1.12. The molecule has 16 heavy (non-hydrogen) atoms. The van der Waals surface area contributed by atoms with Crippen LogP contribution >= 0.6 is 0 Å². The number of hydrogen-bond donors (Lipinski definition) is 1. The van der Waals surface area contributed by atoms with Crippen molar-refractivity contribution in [3.05, 3.63) is 60.2 Å². The van der Waals surface area contributed by atoms with E-state index in [1.165, 1.54) is 5.56 Å². The molecular formula is C15H19N. The Labute approximate surface area is 98.1 Å². The second-order valence-electron chi connectivity index (χ2n) is 3.36. The van der Waals surface area contributed by atoms with Gasteiger partial charge in [-0.05, 0) is 36.8 Å². The molecule has 2 rings (SSSR count). The van der Waals surface area contributed by atoms with E-state index in [4.69, 9.17) is 0 Å². The average molecular weight is 213 g/mol. The van der Waals surface area contributed by atoms with Crippen molar-refractivity contribution in [1.82, 2.24) is 0 Å². The van der Waals surface area contributed by atoms with E-state index in [0.29, 0.717) is 0 Å². The normalized spacial score (nSPS) is 8.94. The van der Waals surface area contributed by atoms with Gasteiger partial charge in [-0.15, -0.1) is 0 Å². The van der Waals surface area contributed by atoms with Gasteiger partial charge in [-0.3, -0.25) is 0 Å². The molecule has 0 saturated carbocycles. The SMILES string of the molecule is CC.Cc1cccc(Nc2ccccc2)c1. The lowest BCUT2D eigenvalue weighted by atomic mass is 10.2. The lowest BCUT2D eigenvalue weighted by molar-refractivity contribution is 1.45. The van der Waals surface area contributed by atoms with E-state index >= 15 is 0 Å². The first-order chi connectivity index (χ1) is 7.84. The highest BCUT2D eigenvalue weighted by Crippen LogP contribution is 2.16. The van der Waals surface area contributed by atoms with E-state index in [2.05, 4.69) is 48.6 Å². The molecule has 0 spiro atoms. The molecule has 84 valence electrons. The summed E-state index contributed by atoms with van der Waals surface area (Å²) in [6, 6.07) is 18.5. The van der Waals surface area contributed by atoms with Gasteiger partial charge < -0.3 is 5.32 Å². The average Bonchev–Trinajstić information content (AvgIpc) is 2.33. The largest absolute Gasteiger partial charge is 0.356 e. The highest BCUT2D eigenvalue weighted by Gasteiger charge is 1.92. The van der Waals surface area contributed by atoms with Gasteiger partial charge in [0.1, 0.15) is 0 Å². The number of anilines is 2. The van der Waals surface area contributed by atoms with Crippen LogP contribution in [0.2, 0.25) is 0 Å². The Balaban J connectivity index is 0.000000606. The first-order valence-corrected chi connectivity index (χ1v) is 5.73. The topological polar surface area (TPSA) is 12.0 Å². The van der Waals surface area contributed by atoms with Crippen LogP contribution < -0.4 is 5.32 Å². The van der Waals surface area contributed by atoms with Gasteiger partial charge in [0.2, 0.25) is 0 Å². The summed E-state index contributed by atoms with van der Waals surface area (Å²) >= 11 is 0. The first-order valence-electron chi connectivity index (χ1n) is 5.73. The fourth-order valence-electron chi connectivity index (χ4n) is 1.41. The number of benzene rings is 2. The van der Waals surface area contributed by atoms with Crippen LogP contribution in [-0.4, -0.2) is 0 Å². The second-order valence-corrected chi connectivity index (χ2v) is 3.36. The van der Waals surface area contributed by atoms with E-state index in [-0.39, 0.29) is 0 Å². The molecule has 0 aliphatic heterocycles. The summed E-state index contributed by atoms with van der Waals surface area (Å²) in [6.07, 6.45) is 0. The zero-order valence-corrected chi connectivity index (χ0v) is 10.2. The molecule has 0 atom stereocenters. The second kappa shape index (κ2) is 6.67. The Morgan fingerprint density at radius 3 is 2.00 bits per heavy atom. The van der Waals surface area contributed by atoms with Gasteiger partial charge in [-0.1, -0.05) is 44.2 Å². The van der Waals surface area contributed by atoms with Crippen molar-refractivity contribution in [3.63, 3.8) is 0 Å². The lowest BCUT2D eigenvalue weighted by Crippen LogP contribution is -1.89. The molecule has 0 aliphatic carbocycles. The quantitative estimate of drug-likeness (QED) is 0.758. The van der Waals surface area contributed by atoms with Crippen LogP contribution in [0.3, 0.4) is 0 Å². The number of rotatable bonds is 2. The van der Waals surface area contributed by atoms with Crippen LogP contribution in [0.5, 0.6) is 0 Å². The minimum atomic E-state index is 1.12. The standard InChI is InChI=1S/C13H13N.C2H6/c1-11-6-5-9-13(10-11)14-12-7-3-2-4-8-12;1-2/h2-10,14H,1H3;1-2H3. The van der Waals surface area contributed by atoms with Crippen molar-refractivity contribution < 1.29 is 0 Å². The molecule has 0 radical (unpaired) electrons. The number of hydrogen-bond acceptors (Lipinski definition) is 1. The zero-order chi connectivity index (χ0) is 11.8. The number of nitrogens with one attached hydrogen (secondary N) is 1. The zero-order valence-electron chi connectivity index (χ0n) is 10.2. The van der Waals surface area contributed by atoms with Gasteiger partial charge in [0.25, 0.3) is 0 Å². The van der Waals surface area contributed by atoms with Crippen LogP contribution in [0, 0.1) is 6.92 Å². The summed E-state index contributed by atoms with van der Waals surface area (Å²) < 4.78 is 0. The Morgan fingerprint density at radius 2 is 1.38 bits per heavy atom.